The van der Waals surface area contributed by atoms with Crippen molar-refractivity contribution in [3.8, 4) is 0 Å². The Labute approximate surface area is 122 Å². The van der Waals surface area contributed by atoms with E-state index >= 15 is 0 Å². The molecule has 2 nitrogen and oxygen atoms in total. The molecule has 3 N–H and O–H groups in total. The number of hydrogen-bond donors (Lipinski definition) is 2. The number of hydrogen-bond acceptors (Lipinski definition) is 2. The van der Waals surface area contributed by atoms with E-state index in [2.05, 4.69) is 32.9 Å². The third-order valence-electron chi connectivity index (χ3n) is 5.96. The summed E-state index contributed by atoms with van der Waals surface area (Å²) in [6, 6.07) is 4.37. The first-order chi connectivity index (χ1) is 9.48. The number of fused-ring (bicyclic) bond motifs is 2. The number of rotatable bonds is 3. The van der Waals surface area contributed by atoms with Crippen LogP contribution in [0, 0.1) is 38.0 Å². The fourth-order valence-corrected chi connectivity index (χ4v) is 5.09. The van der Waals surface area contributed by atoms with Crippen molar-refractivity contribution in [3.05, 3.63) is 34.4 Å². The first kappa shape index (κ1) is 14.1. The Morgan fingerprint density at radius 1 is 1.25 bits per heavy atom. The van der Waals surface area contributed by atoms with Gasteiger partial charge in [0.25, 0.3) is 0 Å². The first-order valence-corrected chi connectivity index (χ1v) is 7.94. The molecule has 2 heteroatoms. The van der Waals surface area contributed by atoms with Gasteiger partial charge in [0, 0.05) is 12.0 Å². The SMILES string of the molecule is Cc1cc(C)c(C(O)C2(CN)CC3CCC2C3)c(C)c1. The Morgan fingerprint density at radius 3 is 2.35 bits per heavy atom. The van der Waals surface area contributed by atoms with Gasteiger partial charge in [0.2, 0.25) is 0 Å². The van der Waals surface area contributed by atoms with E-state index in [4.69, 9.17) is 5.73 Å². The molecule has 0 radical (unpaired) electrons. The molecule has 110 valence electrons. The Hall–Kier alpha value is -0.860. The van der Waals surface area contributed by atoms with Crippen molar-refractivity contribution >= 4 is 0 Å². The van der Waals surface area contributed by atoms with Gasteiger partial charge in [-0.05, 0) is 68.6 Å². The van der Waals surface area contributed by atoms with Gasteiger partial charge < -0.3 is 10.8 Å². The van der Waals surface area contributed by atoms with Gasteiger partial charge in [-0.2, -0.15) is 0 Å². The molecule has 3 rings (SSSR count). The van der Waals surface area contributed by atoms with Crippen molar-refractivity contribution < 1.29 is 5.11 Å². The molecule has 2 bridgehead atoms. The smallest absolute Gasteiger partial charge is 0.0866 e. The molecule has 0 aliphatic heterocycles. The molecule has 1 aromatic rings. The first-order valence-electron chi connectivity index (χ1n) is 7.94. The molecule has 0 spiro atoms. The zero-order chi connectivity index (χ0) is 14.5. The molecule has 0 amide bonds. The van der Waals surface area contributed by atoms with E-state index in [1.807, 2.05) is 0 Å². The van der Waals surface area contributed by atoms with E-state index in [1.54, 1.807) is 0 Å². The summed E-state index contributed by atoms with van der Waals surface area (Å²) in [6.07, 6.45) is 4.58. The minimum absolute atomic E-state index is 0.0757. The second-order valence-corrected chi connectivity index (χ2v) is 7.23. The number of aliphatic hydroxyl groups is 1. The molecule has 2 fully saturated rings. The zero-order valence-electron chi connectivity index (χ0n) is 12.9. The minimum atomic E-state index is -0.400. The maximum absolute atomic E-state index is 11.2. The summed E-state index contributed by atoms with van der Waals surface area (Å²) < 4.78 is 0. The number of benzene rings is 1. The quantitative estimate of drug-likeness (QED) is 0.886. The Bertz CT molecular complexity index is 501. The van der Waals surface area contributed by atoms with Gasteiger partial charge in [-0.1, -0.05) is 24.1 Å². The van der Waals surface area contributed by atoms with Crippen molar-refractivity contribution in [2.24, 2.45) is 23.0 Å². The lowest BCUT2D eigenvalue weighted by Gasteiger charge is -2.42. The van der Waals surface area contributed by atoms with Crippen molar-refractivity contribution in [1.82, 2.24) is 0 Å². The Balaban J connectivity index is 2.02. The number of aryl methyl sites for hydroxylation is 3. The maximum Gasteiger partial charge on any atom is 0.0866 e. The fourth-order valence-electron chi connectivity index (χ4n) is 5.09. The molecule has 1 aromatic carbocycles. The second kappa shape index (κ2) is 4.85. The van der Waals surface area contributed by atoms with E-state index in [9.17, 15) is 5.11 Å². The normalized spacial score (nSPS) is 33.6. The van der Waals surface area contributed by atoms with E-state index in [0.717, 1.165) is 17.9 Å². The largest absolute Gasteiger partial charge is 0.388 e. The summed E-state index contributed by atoms with van der Waals surface area (Å²) >= 11 is 0. The third kappa shape index (κ3) is 1.93. The summed E-state index contributed by atoms with van der Waals surface area (Å²) in [5, 5.41) is 11.2. The predicted molar refractivity (Wildman–Crippen MR) is 82.5 cm³/mol. The lowest BCUT2D eigenvalue weighted by Crippen LogP contribution is -2.41. The fraction of sp³-hybridized carbons (Fsp3) is 0.667. The molecule has 0 heterocycles. The molecule has 0 saturated heterocycles. The molecular weight excluding hydrogens is 246 g/mol. The molecule has 2 aliphatic rings. The highest BCUT2D eigenvalue weighted by Gasteiger charge is 2.54. The lowest BCUT2D eigenvalue weighted by molar-refractivity contribution is -0.0137. The van der Waals surface area contributed by atoms with Gasteiger partial charge in [-0.15, -0.1) is 0 Å². The van der Waals surface area contributed by atoms with E-state index in [-0.39, 0.29) is 5.41 Å². The van der Waals surface area contributed by atoms with Crippen LogP contribution < -0.4 is 5.73 Å². The number of nitrogens with two attached hydrogens (primary N) is 1. The minimum Gasteiger partial charge on any atom is -0.388 e. The van der Waals surface area contributed by atoms with Crippen LogP contribution in [0.15, 0.2) is 12.1 Å². The molecule has 2 saturated carbocycles. The molecule has 0 aromatic heterocycles. The molecule has 20 heavy (non-hydrogen) atoms. The summed E-state index contributed by atoms with van der Waals surface area (Å²) in [7, 11) is 0. The predicted octanol–water partition coefficient (Wildman–Crippen LogP) is 3.41. The van der Waals surface area contributed by atoms with E-state index < -0.39 is 6.10 Å². The molecule has 2 aliphatic carbocycles. The van der Waals surface area contributed by atoms with Gasteiger partial charge >= 0.3 is 0 Å². The maximum atomic E-state index is 11.2. The monoisotopic (exact) mass is 273 g/mol. The van der Waals surface area contributed by atoms with Crippen molar-refractivity contribution in [1.29, 1.82) is 0 Å². The molecule has 4 atom stereocenters. The Kier molecular flexibility index (Phi) is 3.42. The Morgan fingerprint density at radius 2 is 1.90 bits per heavy atom. The van der Waals surface area contributed by atoms with Crippen molar-refractivity contribution in [2.75, 3.05) is 6.54 Å². The highest BCUT2D eigenvalue weighted by Crippen LogP contribution is 2.60. The average molecular weight is 273 g/mol. The van der Waals surface area contributed by atoms with Gasteiger partial charge in [0.15, 0.2) is 0 Å². The summed E-state index contributed by atoms with van der Waals surface area (Å²) in [5.74, 6) is 1.41. The van der Waals surface area contributed by atoms with Crippen LogP contribution in [0.4, 0.5) is 0 Å². The van der Waals surface area contributed by atoms with Crippen molar-refractivity contribution in [3.63, 3.8) is 0 Å². The highest BCUT2D eigenvalue weighted by atomic mass is 16.3. The van der Waals surface area contributed by atoms with Crippen LogP contribution in [0.3, 0.4) is 0 Å². The zero-order valence-corrected chi connectivity index (χ0v) is 12.9. The highest BCUT2D eigenvalue weighted by molar-refractivity contribution is 5.40. The topological polar surface area (TPSA) is 46.2 Å². The van der Waals surface area contributed by atoms with Gasteiger partial charge in [-0.3, -0.25) is 0 Å². The van der Waals surface area contributed by atoms with Crippen LogP contribution in [0.25, 0.3) is 0 Å². The summed E-state index contributed by atoms with van der Waals surface area (Å²) in [6.45, 7) is 6.97. The number of aliphatic hydroxyl groups excluding tert-OH is 1. The van der Waals surface area contributed by atoms with Gasteiger partial charge in [0.05, 0.1) is 6.10 Å². The molecular formula is C18H27NO. The summed E-state index contributed by atoms with van der Waals surface area (Å²) in [4.78, 5) is 0. The van der Waals surface area contributed by atoms with Crippen LogP contribution in [0.1, 0.15) is 54.0 Å². The standard InChI is InChI=1S/C18H27NO/c1-11-6-12(2)16(13(3)7-11)17(20)18(10-19)9-14-4-5-15(18)8-14/h6-7,14-15,17,20H,4-5,8-10,19H2,1-3H3. The lowest BCUT2D eigenvalue weighted by atomic mass is 9.66. The average Bonchev–Trinajstić information content (AvgIpc) is 2.97. The summed E-state index contributed by atoms with van der Waals surface area (Å²) in [5.41, 5.74) is 10.9. The van der Waals surface area contributed by atoms with Crippen LogP contribution in [0.5, 0.6) is 0 Å². The van der Waals surface area contributed by atoms with E-state index in [0.29, 0.717) is 12.5 Å². The molecule has 4 unspecified atom stereocenters. The van der Waals surface area contributed by atoms with Crippen molar-refractivity contribution in [2.45, 2.75) is 52.6 Å². The van der Waals surface area contributed by atoms with E-state index in [1.165, 1.54) is 36.0 Å². The van der Waals surface area contributed by atoms with Gasteiger partial charge in [-0.25, -0.2) is 0 Å². The van der Waals surface area contributed by atoms with Crippen LogP contribution >= 0.6 is 0 Å². The second-order valence-electron chi connectivity index (χ2n) is 7.23. The van der Waals surface area contributed by atoms with Crippen LogP contribution in [-0.4, -0.2) is 11.7 Å². The van der Waals surface area contributed by atoms with Crippen LogP contribution in [-0.2, 0) is 0 Å². The van der Waals surface area contributed by atoms with Gasteiger partial charge in [0.1, 0.15) is 0 Å². The third-order valence-corrected chi connectivity index (χ3v) is 5.96. The van der Waals surface area contributed by atoms with Crippen LogP contribution in [0.2, 0.25) is 0 Å².